The van der Waals surface area contributed by atoms with Crippen LogP contribution in [0, 0.1) is 24.8 Å². The van der Waals surface area contributed by atoms with E-state index in [9.17, 15) is 52.8 Å². The molecule has 0 amide bonds. The van der Waals surface area contributed by atoms with Gasteiger partial charge in [0.1, 0.15) is 5.15 Å². The normalized spacial score (nSPS) is 21.3. The Bertz CT molecular complexity index is 7600. The fraction of sp³-hybridized carbons (Fsp3) is 0.387. The Balaban J connectivity index is 0.000000129. The molecule has 4 N–H and O–H groups in total. The Morgan fingerprint density at radius 2 is 0.647 bits per heavy atom. The number of rotatable bonds is 11. The third-order valence-corrected chi connectivity index (χ3v) is 30.9. The molecule has 784 valence electrons. The Morgan fingerprint density at radius 1 is 0.360 bits per heavy atom. The van der Waals surface area contributed by atoms with Crippen LogP contribution in [0.1, 0.15) is 174 Å². The standard InChI is InChI=1S/C23H27BN2O5.2C23H20FN3O3.C17H15BrN2O3.C12H24B2O4.C6H5BrFN.C6H6ClN.CH4/c1-22(2)23(3,4)31-24(30-22)17-11-16-20(15-8-6-5-7-14(15)17)25-13-26(21(16)28)18-9-10-29-12-19(18)27;2*24-21-10-14(5-7-25-21)9-15-11-18-22(17-4-2-1-3-16(15)17)26-13-27(23(18)29)19-6-8-30-12-20(19)28;18-13-7-12-16(11-4-2-1-3-10(11)13)19-9-20(17(12)22)14-5-6-23-8-15(14)21;1-9(2)10(3,4)16-13(15-9)14-17-11(5,6)12(7,8)18-14;7-4-5-1-2-9-6(8)3-5;1-5-2-3-8-6(7)4-5;/h5-8,11,13,18-19,27H,9-10,12H2,1-4H3;2*1-5,7,10-11,13,19-20,28H,6,8-9,12H2;1-4,7,9,14-15,21H,5-6,8H2;1-8H3;1-3H,4H2;2-4H,1H3;1H4/t18-,19-;2*19-,20-;14-,15-;;;;/m0000..../s1. The van der Waals surface area contributed by atoms with Crippen molar-refractivity contribution in [2.24, 2.45) is 0 Å². The lowest BCUT2D eigenvalue weighted by molar-refractivity contribution is -0.0395. The smallest absolute Gasteiger partial charge is 0.405 e. The van der Waals surface area contributed by atoms with E-state index in [-0.39, 0.29) is 103 Å². The van der Waals surface area contributed by atoms with Crippen molar-refractivity contribution in [1.29, 1.82) is 0 Å². The molecule has 8 atom stereocenters. The van der Waals surface area contributed by atoms with E-state index in [1.54, 1.807) is 37.1 Å². The van der Waals surface area contributed by atoms with Crippen LogP contribution in [0.2, 0.25) is 5.15 Å². The highest BCUT2D eigenvalue weighted by molar-refractivity contribution is 9.10. The third kappa shape index (κ3) is 24.0. The van der Waals surface area contributed by atoms with E-state index in [1.165, 1.54) is 67.7 Å². The fourth-order valence-corrected chi connectivity index (χ4v) is 20.3. The summed E-state index contributed by atoms with van der Waals surface area (Å²) in [6.07, 6.45) is 12.4. The van der Waals surface area contributed by atoms with Crippen LogP contribution in [-0.4, -0.2) is 211 Å². The molecule has 7 fully saturated rings. The first-order valence-corrected chi connectivity index (χ1v) is 51.8. The van der Waals surface area contributed by atoms with Crippen molar-refractivity contribution in [3.05, 3.63) is 322 Å². The Labute approximate surface area is 888 Å². The molecule has 39 heteroatoms. The molecule has 0 saturated carbocycles. The summed E-state index contributed by atoms with van der Waals surface area (Å²) in [6.45, 7) is 29.1. The van der Waals surface area contributed by atoms with Crippen molar-refractivity contribution in [3.63, 3.8) is 0 Å². The molecule has 7 saturated heterocycles. The molecule has 0 aliphatic carbocycles. The quantitative estimate of drug-likeness (QED) is 0.0404. The maximum Gasteiger partial charge on any atom is 0.495 e. The second kappa shape index (κ2) is 46.7. The molecule has 30 nitrogen and oxygen atoms in total. The van der Waals surface area contributed by atoms with E-state index < -0.39 is 74.6 Å². The first-order chi connectivity index (χ1) is 71.1. The van der Waals surface area contributed by atoms with Crippen LogP contribution < -0.4 is 27.7 Å². The van der Waals surface area contributed by atoms with Gasteiger partial charge in [-0.1, -0.05) is 148 Å². The summed E-state index contributed by atoms with van der Waals surface area (Å²) in [7, 11) is -1.55. The van der Waals surface area contributed by atoms with Gasteiger partial charge in [0.05, 0.1) is 178 Å². The van der Waals surface area contributed by atoms with Gasteiger partial charge in [0.25, 0.3) is 22.2 Å². The minimum Gasteiger partial charge on any atom is -0.405 e. The van der Waals surface area contributed by atoms with Gasteiger partial charge < -0.3 is 67.3 Å². The van der Waals surface area contributed by atoms with Crippen LogP contribution in [-0.2, 0) is 65.0 Å². The number of pyridine rings is 4. The molecule has 23 rings (SSSR count). The van der Waals surface area contributed by atoms with Gasteiger partial charge in [0, 0.05) is 82.6 Å². The predicted molar refractivity (Wildman–Crippen MR) is 583 cm³/mol. The SMILES string of the molecule is C.CC1(C)OB(B2OC(C)(C)C(C)(C)O2)OC1(C)C.CC1(C)OB(c2cc3c(=O)n([C@H]4CCOC[C@@H]4O)cnc3c3ccccc23)OC1(C)C.Cc1ccnc(Cl)c1.Fc1cc(CBr)ccn1.O=c1c2cc(Br)c3ccccc3c2ncn1[C@H]1CCOC[C@@H]1O.O=c1c2cc(Cc3ccnc(F)c3)c3ccccc3c2ncn1[C@H]1CCOC[C@@H]1O.O=c1c2cc(Cc3ccnc(F)c3)c3ccccc3c2ncn1[C@H]1CCOC[C@@H]1O. The topological polar surface area (TPSA) is 364 Å². The molecule has 0 radical (unpaired) electrons. The third-order valence-electron chi connectivity index (χ3n) is 29.4. The van der Waals surface area contributed by atoms with E-state index in [4.69, 9.17) is 58.5 Å². The number of nitrogens with zero attached hydrogens (tertiary/aromatic N) is 12. The molecule has 0 unspecified atom stereocenters. The van der Waals surface area contributed by atoms with Crippen LogP contribution in [0.25, 0.3) is 86.7 Å². The number of halogens is 6. The van der Waals surface area contributed by atoms with Crippen LogP contribution in [0.15, 0.2) is 244 Å². The second-order valence-corrected chi connectivity index (χ2v) is 42.7. The summed E-state index contributed by atoms with van der Waals surface area (Å²) in [5.41, 5.74) is 5.67. The first kappa shape index (κ1) is 111. The van der Waals surface area contributed by atoms with Crippen LogP contribution in [0.5, 0.6) is 0 Å². The summed E-state index contributed by atoms with van der Waals surface area (Å²) in [5, 5.41) is 51.8. The lowest BCUT2D eigenvalue weighted by atomic mass is 9.49. The molecule has 7 aliphatic heterocycles. The van der Waals surface area contributed by atoms with Gasteiger partial charge in [-0.3, -0.25) is 37.4 Å². The van der Waals surface area contributed by atoms with E-state index >= 15 is 0 Å². The van der Waals surface area contributed by atoms with E-state index in [2.05, 4.69) is 71.7 Å². The minimum atomic E-state index is -0.754. The summed E-state index contributed by atoms with van der Waals surface area (Å²) in [4.78, 5) is 85.9. The summed E-state index contributed by atoms with van der Waals surface area (Å²) < 4.78 is 104. The van der Waals surface area contributed by atoms with Gasteiger partial charge in [-0.2, -0.15) is 13.2 Å². The molecule has 16 aromatic rings. The number of fused-ring (bicyclic) bond motifs is 12. The van der Waals surface area contributed by atoms with Crippen molar-refractivity contribution in [3.8, 4) is 0 Å². The summed E-state index contributed by atoms with van der Waals surface area (Å²) >= 11 is 12.3. The Morgan fingerprint density at radius 3 is 0.960 bits per heavy atom. The van der Waals surface area contributed by atoms with E-state index in [0.29, 0.717) is 119 Å². The van der Waals surface area contributed by atoms with Gasteiger partial charge in [-0.15, -0.1) is 0 Å². The highest BCUT2D eigenvalue weighted by Crippen LogP contribution is 2.45. The zero-order valence-corrected chi connectivity index (χ0v) is 88.8. The highest BCUT2D eigenvalue weighted by Gasteiger charge is 2.64. The summed E-state index contributed by atoms with van der Waals surface area (Å²) in [5.74, 6) is -1.49. The largest absolute Gasteiger partial charge is 0.495 e. The van der Waals surface area contributed by atoms with Gasteiger partial charge in [-0.05, 0) is 262 Å². The number of hydrogen-bond donors (Lipinski definition) is 4. The van der Waals surface area contributed by atoms with Crippen LogP contribution >= 0.6 is 43.5 Å². The Hall–Kier alpha value is -11.4. The molecular weight excluding hydrogens is 2070 g/mol. The number of benzene rings is 8. The van der Waals surface area contributed by atoms with Crippen molar-refractivity contribution in [1.82, 2.24) is 58.1 Å². The van der Waals surface area contributed by atoms with Crippen molar-refractivity contribution < 1.29 is 80.5 Å². The van der Waals surface area contributed by atoms with Crippen LogP contribution in [0.4, 0.5) is 13.2 Å². The van der Waals surface area contributed by atoms with Crippen LogP contribution in [0.3, 0.4) is 0 Å². The van der Waals surface area contributed by atoms with E-state index in [1.807, 2.05) is 223 Å². The fourth-order valence-electron chi connectivity index (χ4n) is 19.1. The average molecular weight is 2200 g/mol. The number of aryl methyl sites for hydroxylation is 1. The lowest BCUT2D eigenvalue weighted by Gasteiger charge is -2.32. The lowest BCUT2D eigenvalue weighted by Crippen LogP contribution is -2.41. The second-order valence-electron chi connectivity index (χ2n) is 40.9. The first-order valence-electron chi connectivity index (χ1n) is 49.5. The average Bonchev–Trinajstić information content (AvgIpc) is 1.35. The molecule has 150 heavy (non-hydrogen) atoms. The van der Waals surface area contributed by atoms with Gasteiger partial charge in [0.15, 0.2) is 0 Å². The van der Waals surface area contributed by atoms with Crippen molar-refractivity contribution in [2.75, 3.05) is 52.9 Å². The van der Waals surface area contributed by atoms with Crippen molar-refractivity contribution in [2.45, 2.75) is 223 Å². The van der Waals surface area contributed by atoms with Gasteiger partial charge >= 0.3 is 21.1 Å². The molecule has 15 heterocycles. The number of aliphatic hydroxyl groups excluding tert-OH is 4. The van der Waals surface area contributed by atoms with Crippen molar-refractivity contribution >= 4 is 157 Å². The molecule has 8 aromatic carbocycles. The van der Waals surface area contributed by atoms with Gasteiger partial charge in [0.2, 0.25) is 17.8 Å². The van der Waals surface area contributed by atoms with Gasteiger partial charge in [-0.25, -0.2) is 39.9 Å². The maximum atomic E-state index is 13.6. The molecular formula is C111H121B3Br2ClF3N12O18. The Kier molecular flexibility index (Phi) is 34.6. The number of aromatic nitrogens is 12. The number of ether oxygens (including phenoxy) is 4. The maximum absolute atomic E-state index is 13.6. The van der Waals surface area contributed by atoms with E-state index in [0.717, 1.165) is 86.4 Å². The molecule has 7 aliphatic rings. The number of aliphatic hydroxyl groups is 4. The number of hydrogen-bond acceptors (Lipinski definition) is 26. The molecule has 0 spiro atoms. The monoisotopic (exact) mass is 2190 g/mol. The molecule has 0 bridgehead atoms. The zero-order valence-electron chi connectivity index (χ0n) is 84.9. The zero-order chi connectivity index (χ0) is 106. The summed E-state index contributed by atoms with van der Waals surface area (Å²) in [6, 6.07) is 50.4. The number of alkyl halides is 1. The molecule has 8 aromatic heterocycles. The highest BCUT2D eigenvalue weighted by atomic mass is 79.9. The predicted octanol–water partition coefficient (Wildman–Crippen LogP) is 17.8. The minimum absolute atomic E-state index is 0.